The Hall–Kier alpha value is -1.68. The predicted molar refractivity (Wildman–Crippen MR) is 72.8 cm³/mol. The second-order valence-electron chi connectivity index (χ2n) is 5.96. The first-order valence-electron chi connectivity index (χ1n) is 6.69. The summed E-state index contributed by atoms with van der Waals surface area (Å²) in [5, 5.41) is 4.20. The molecule has 0 atom stereocenters. The smallest absolute Gasteiger partial charge is 0.233 e. The quantitative estimate of drug-likeness (QED) is 0.913. The van der Waals surface area contributed by atoms with Crippen LogP contribution in [0.25, 0.3) is 0 Å². The average Bonchev–Trinajstić information content (AvgIpc) is 3.09. The van der Waals surface area contributed by atoms with Crippen molar-refractivity contribution in [3.8, 4) is 0 Å². The summed E-state index contributed by atoms with van der Waals surface area (Å²) in [7, 11) is 0. The van der Waals surface area contributed by atoms with E-state index in [0.29, 0.717) is 12.4 Å². The Morgan fingerprint density at radius 1 is 1.26 bits per heavy atom. The summed E-state index contributed by atoms with van der Waals surface area (Å²) < 4.78 is 5.43. The standard InChI is InChI=1S/C15H19N3O/c1-14(2,10-16)13-17-12(18-19-13)15(8-9-15)11-6-4-3-5-7-11/h3-7H,8-10,16H2,1-2H3. The number of benzene rings is 1. The van der Waals surface area contributed by atoms with Gasteiger partial charge in [-0.15, -0.1) is 0 Å². The SMILES string of the molecule is CC(C)(CN)c1nc(C2(c3ccccc3)CC2)no1. The molecule has 2 N–H and O–H groups in total. The summed E-state index contributed by atoms with van der Waals surface area (Å²) >= 11 is 0. The lowest BCUT2D eigenvalue weighted by atomic mass is 9.93. The van der Waals surface area contributed by atoms with Gasteiger partial charge in [-0.25, -0.2) is 0 Å². The summed E-state index contributed by atoms with van der Waals surface area (Å²) in [5.41, 5.74) is 6.73. The van der Waals surface area contributed by atoms with Crippen LogP contribution in [0.3, 0.4) is 0 Å². The van der Waals surface area contributed by atoms with Gasteiger partial charge in [-0.05, 0) is 32.3 Å². The monoisotopic (exact) mass is 257 g/mol. The fourth-order valence-corrected chi connectivity index (χ4v) is 2.30. The fourth-order valence-electron chi connectivity index (χ4n) is 2.30. The lowest BCUT2D eigenvalue weighted by molar-refractivity contribution is 0.308. The molecule has 0 aliphatic heterocycles. The predicted octanol–water partition coefficient (Wildman–Crippen LogP) is 2.39. The largest absolute Gasteiger partial charge is 0.339 e. The van der Waals surface area contributed by atoms with Crippen LogP contribution < -0.4 is 5.73 Å². The first kappa shape index (κ1) is 12.4. The molecule has 1 saturated carbocycles. The molecule has 2 aromatic rings. The molecule has 1 aromatic carbocycles. The maximum absolute atomic E-state index is 5.76. The zero-order valence-corrected chi connectivity index (χ0v) is 11.4. The topological polar surface area (TPSA) is 64.9 Å². The van der Waals surface area contributed by atoms with Gasteiger partial charge in [-0.2, -0.15) is 4.98 Å². The van der Waals surface area contributed by atoms with Gasteiger partial charge in [0.05, 0.1) is 10.8 Å². The first-order valence-corrected chi connectivity index (χ1v) is 6.69. The zero-order valence-electron chi connectivity index (χ0n) is 11.4. The van der Waals surface area contributed by atoms with Gasteiger partial charge in [0.2, 0.25) is 5.89 Å². The van der Waals surface area contributed by atoms with Crippen LogP contribution in [0, 0.1) is 0 Å². The van der Waals surface area contributed by atoms with Crippen molar-refractivity contribution in [2.75, 3.05) is 6.54 Å². The Kier molecular flexibility index (Phi) is 2.71. The van der Waals surface area contributed by atoms with Crippen LogP contribution in [0.4, 0.5) is 0 Å². The van der Waals surface area contributed by atoms with Crippen molar-refractivity contribution < 1.29 is 4.52 Å². The van der Waals surface area contributed by atoms with E-state index in [4.69, 9.17) is 10.3 Å². The van der Waals surface area contributed by atoms with E-state index in [-0.39, 0.29) is 10.8 Å². The number of hydrogen-bond donors (Lipinski definition) is 1. The molecule has 1 aliphatic rings. The number of nitrogens with zero attached hydrogens (tertiary/aromatic N) is 2. The van der Waals surface area contributed by atoms with Crippen LogP contribution in [0.15, 0.2) is 34.9 Å². The highest BCUT2D eigenvalue weighted by Crippen LogP contribution is 2.52. The molecule has 100 valence electrons. The van der Waals surface area contributed by atoms with Crippen molar-refractivity contribution in [2.45, 2.75) is 37.5 Å². The molecule has 1 aromatic heterocycles. The molecular formula is C15H19N3O. The maximum atomic E-state index is 5.76. The lowest BCUT2D eigenvalue weighted by Crippen LogP contribution is -2.28. The number of rotatable bonds is 4. The minimum absolute atomic E-state index is 0.0340. The van der Waals surface area contributed by atoms with Gasteiger partial charge < -0.3 is 10.3 Å². The van der Waals surface area contributed by atoms with Crippen LogP contribution in [0.5, 0.6) is 0 Å². The van der Waals surface area contributed by atoms with E-state index in [2.05, 4.69) is 34.4 Å². The minimum atomic E-state index is -0.266. The first-order chi connectivity index (χ1) is 9.08. The number of hydrogen-bond acceptors (Lipinski definition) is 4. The summed E-state index contributed by atoms with van der Waals surface area (Å²) in [4.78, 5) is 4.61. The van der Waals surface area contributed by atoms with E-state index >= 15 is 0 Å². The molecule has 1 heterocycles. The van der Waals surface area contributed by atoms with E-state index < -0.39 is 0 Å². The highest BCUT2D eigenvalue weighted by atomic mass is 16.5. The molecule has 1 aliphatic carbocycles. The van der Waals surface area contributed by atoms with Gasteiger partial charge in [-0.1, -0.05) is 35.5 Å². The molecule has 1 fully saturated rings. The molecule has 0 bridgehead atoms. The number of nitrogens with two attached hydrogens (primary N) is 1. The van der Waals surface area contributed by atoms with Crippen molar-refractivity contribution >= 4 is 0 Å². The Labute approximate surface area is 113 Å². The molecule has 19 heavy (non-hydrogen) atoms. The van der Waals surface area contributed by atoms with Crippen LogP contribution >= 0.6 is 0 Å². The van der Waals surface area contributed by atoms with Gasteiger partial charge in [0.15, 0.2) is 5.82 Å². The van der Waals surface area contributed by atoms with Crippen molar-refractivity contribution in [1.82, 2.24) is 10.1 Å². The Morgan fingerprint density at radius 2 is 1.95 bits per heavy atom. The molecule has 0 saturated heterocycles. The molecule has 3 rings (SSSR count). The van der Waals surface area contributed by atoms with Gasteiger partial charge >= 0.3 is 0 Å². The molecule has 4 nitrogen and oxygen atoms in total. The lowest BCUT2D eigenvalue weighted by Gasteiger charge is -2.16. The third-order valence-electron chi connectivity index (χ3n) is 4.02. The highest BCUT2D eigenvalue weighted by Gasteiger charge is 2.50. The summed E-state index contributed by atoms with van der Waals surface area (Å²) in [6, 6.07) is 10.4. The average molecular weight is 257 g/mol. The number of aromatic nitrogens is 2. The van der Waals surface area contributed by atoms with Crippen LogP contribution in [-0.2, 0) is 10.8 Å². The molecule has 4 heteroatoms. The zero-order chi connectivity index (χ0) is 13.5. The van der Waals surface area contributed by atoms with Crippen molar-refractivity contribution in [1.29, 1.82) is 0 Å². The molecule has 0 unspecified atom stereocenters. The molecular weight excluding hydrogens is 238 g/mol. The second kappa shape index (κ2) is 4.17. The third-order valence-corrected chi connectivity index (χ3v) is 4.02. The van der Waals surface area contributed by atoms with E-state index in [0.717, 1.165) is 18.7 Å². The van der Waals surface area contributed by atoms with Crippen molar-refractivity contribution in [3.05, 3.63) is 47.6 Å². The fraction of sp³-hybridized carbons (Fsp3) is 0.467. The van der Waals surface area contributed by atoms with Gasteiger partial charge in [-0.3, -0.25) is 0 Å². The second-order valence-corrected chi connectivity index (χ2v) is 5.96. The van der Waals surface area contributed by atoms with Gasteiger partial charge in [0, 0.05) is 6.54 Å². The third kappa shape index (κ3) is 1.96. The summed E-state index contributed by atoms with van der Waals surface area (Å²) in [6.45, 7) is 4.53. The van der Waals surface area contributed by atoms with E-state index in [1.165, 1.54) is 5.56 Å². The Bertz CT molecular complexity index is 570. The summed E-state index contributed by atoms with van der Waals surface area (Å²) in [5.74, 6) is 1.43. The van der Waals surface area contributed by atoms with E-state index in [1.807, 2.05) is 19.9 Å². The van der Waals surface area contributed by atoms with Crippen molar-refractivity contribution in [3.63, 3.8) is 0 Å². The van der Waals surface area contributed by atoms with Crippen LogP contribution in [0.1, 0.15) is 44.0 Å². The molecule has 0 spiro atoms. The van der Waals surface area contributed by atoms with Crippen molar-refractivity contribution in [2.24, 2.45) is 5.73 Å². The Morgan fingerprint density at radius 3 is 2.53 bits per heavy atom. The van der Waals surface area contributed by atoms with Crippen LogP contribution in [-0.4, -0.2) is 16.7 Å². The Balaban J connectivity index is 1.96. The van der Waals surface area contributed by atoms with Gasteiger partial charge in [0.25, 0.3) is 0 Å². The van der Waals surface area contributed by atoms with Crippen LogP contribution in [0.2, 0.25) is 0 Å². The van der Waals surface area contributed by atoms with E-state index in [1.54, 1.807) is 0 Å². The minimum Gasteiger partial charge on any atom is -0.339 e. The molecule has 0 amide bonds. The maximum Gasteiger partial charge on any atom is 0.233 e. The highest BCUT2D eigenvalue weighted by molar-refractivity contribution is 5.38. The van der Waals surface area contributed by atoms with Gasteiger partial charge in [0.1, 0.15) is 0 Å². The molecule has 0 radical (unpaired) electrons. The normalized spacial score (nSPS) is 17.4. The van der Waals surface area contributed by atoms with E-state index in [9.17, 15) is 0 Å². The summed E-state index contributed by atoms with van der Waals surface area (Å²) in [6.07, 6.45) is 2.16.